The summed E-state index contributed by atoms with van der Waals surface area (Å²) in [4.78, 5) is 66.8. The predicted octanol–water partition coefficient (Wildman–Crippen LogP) is 4.61. The summed E-state index contributed by atoms with van der Waals surface area (Å²) in [5.41, 5.74) is 4.32. The van der Waals surface area contributed by atoms with E-state index >= 15 is 0 Å². The molecule has 0 saturated carbocycles. The molecule has 2 unspecified atom stereocenters. The summed E-state index contributed by atoms with van der Waals surface area (Å²) in [5.74, 6) is -0.628. The molecule has 5 aliphatic heterocycles. The van der Waals surface area contributed by atoms with Crippen molar-refractivity contribution in [2.75, 3.05) is 54.9 Å². The van der Waals surface area contributed by atoms with Gasteiger partial charge < -0.3 is 39.8 Å². The van der Waals surface area contributed by atoms with E-state index in [1.54, 1.807) is 18.3 Å². The molecule has 3 atom stereocenters. The van der Waals surface area contributed by atoms with Crippen LogP contribution in [0.2, 0.25) is 0 Å². The first-order valence-corrected chi connectivity index (χ1v) is 22.1. The Morgan fingerprint density at radius 2 is 1.74 bits per heavy atom. The number of fused-ring (bicyclic) bond motifs is 2. The Balaban J connectivity index is 0.795. The van der Waals surface area contributed by atoms with Gasteiger partial charge >= 0.3 is 0 Å². The zero-order valence-electron chi connectivity index (χ0n) is 36.1. The van der Waals surface area contributed by atoms with Crippen molar-refractivity contribution < 1.29 is 38.5 Å². The molecule has 2 aromatic heterocycles. The largest absolute Gasteiger partial charge is 0.420 e. The highest BCUT2D eigenvalue weighted by molar-refractivity contribution is 6.25. The van der Waals surface area contributed by atoms with Gasteiger partial charge in [0.1, 0.15) is 11.9 Å². The van der Waals surface area contributed by atoms with Gasteiger partial charge in [0.25, 0.3) is 17.7 Å². The van der Waals surface area contributed by atoms with Crippen LogP contribution in [0.1, 0.15) is 102 Å². The Bertz CT molecular complexity index is 2680. The van der Waals surface area contributed by atoms with Gasteiger partial charge in [-0.3, -0.25) is 29.4 Å². The summed E-state index contributed by atoms with van der Waals surface area (Å²) in [6, 6.07) is 18.9. The molecular formula is C47H50N10O8. The number of imide groups is 2. The number of hydrogen-bond acceptors (Lipinski definition) is 16. The molecule has 5 N–H and O–H groups in total. The highest BCUT2D eigenvalue weighted by atomic mass is 16.6. The van der Waals surface area contributed by atoms with E-state index in [0.29, 0.717) is 64.3 Å². The molecule has 0 bridgehead atoms. The Kier molecular flexibility index (Phi) is 10.9. The highest BCUT2D eigenvalue weighted by Gasteiger charge is 2.48. The SMILES string of the molecule is CC1(C)OC(O)c2ccc(Nc3ncc(-c4nnc(CCN5CCC6(CC5)CCN(c5cccc7c5C(=O)N(C5CCC(=O)NC5=O)C7=O)C6)o4)c(N[C@H](CO)c4ccccc4)n3)cc21. The molecular weight excluding hydrogens is 833 g/mol. The number of carbonyl (C=O) groups is 4. The fraction of sp³-hybridized carbons (Fsp3) is 0.404. The second-order valence-electron chi connectivity index (χ2n) is 18.1. The number of carbonyl (C=O) groups excluding carboxylic acids is 4. The number of nitrogens with one attached hydrogen (secondary N) is 3. The number of piperidine rings is 2. The second kappa shape index (κ2) is 16.8. The molecule has 3 aromatic carbocycles. The zero-order chi connectivity index (χ0) is 45.0. The van der Waals surface area contributed by atoms with Gasteiger partial charge in [-0.25, -0.2) is 4.98 Å². The third-order valence-electron chi connectivity index (χ3n) is 13.6. The average molecular weight is 883 g/mol. The molecule has 0 radical (unpaired) electrons. The minimum Gasteiger partial charge on any atom is -0.420 e. The number of hydrogen-bond donors (Lipinski definition) is 5. The minimum absolute atomic E-state index is 0.0521. The van der Waals surface area contributed by atoms with Gasteiger partial charge in [0, 0.05) is 49.9 Å². The van der Waals surface area contributed by atoms with Gasteiger partial charge in [-0.1, -0.05) is 42.5 Å². The summed E-state index contributed by atoms with van der Waals surface area (Å²) in [7, 11) is 0. The minimum atomic E-state index is -1.01. The lowest BCUT2D eigenvalue weighted by Gasteiger charge is -2.39. The molecule has 3 fully saturated rings. The predicted molar refractivity (Wildman–Crippen MR) is 236 cm³/mol. The lowest BCUT2D eigenvalue weighted by atomic mass is 9.77. The normalized spacial score (nSPS) is 21.7. The number of aliphatic hydroxyl groups is 2. The number of nitrogens with zero attached hydrogens (tertiary/aromatic N) is 7. The number of aliphatic hydroxyl groups excluding tert-OH is 2. The molecule has 336 valence electrons. The van der Waals surface area contributed by atoms with Gasteiger partial charge in [0.15, 0.2) is 6.29 Å². The van der Waals surface area contributed by atoms with E-state index in [1.165, 1.54) is 0 Å². The Hall–Kier alpha value is -6.60. The van der Waals surface area contributed by atoms with Crippen LogP contribution in [0, 0.1) is 5.41 Å². The smallest absolute Gasteiger partial charge is 0.264 e. The van der Waals surface area contributed by atoms with Gasteiger partial charge in [0.2, 0.25) is 23.7 Å². The summed E-state index contributed by atoms with van der Waals surface area (Å²) >= 11 is 0. The van der Waals surface area contributed by atoms with Crippen LogP contribution in [0.3, 0.4) is 0 Å². The first-order chi connectivity index (χ1) is 31.4. The van der Waals surface area contributed by atoms with Gasteiger partial charge in [-0.05, 0) is 93.4 Å². The number of rotatable bonds is 12. The van der Waals surface area contributed by atoms with Gasteiger partial charge in [0.05, 0.1) is 40.6 Å². The number of amides is 4. The van der Waals surface area contributed by atoms with Crippen LogP contribution < -0.4 is 20.9 Å². The number of anilines is 4. The summed E-state index contributed by atoms with van der Waals surface area (Å²) < 4.78 is 12.0. The monoisotopic (exact) mass is 882 g/mol. The van der Waals surface area contributed by atoms with E-state index in [1.807, 2.05) is 68.4 Å². The first kappa shape index (κ1) is 42.4. The zero-order valence-corrected chi connectivity index (χ0v) is 36.1. The molecule has 65 heavy (non-hydrogen) atoms. The van der Waals surface area contributed by atoms with Gasteiger partial charge in [-0.2, -0.15) is 4.98 Å². The van der Waals surface area contributed by atoms with Crippen molar-refractivity contribution in [3.05, 3.63) is 107 Å². The van der Waals surface area contributed by atoms with Crippen molar-refractivity contribution in [3.63, 3.8) is 0 Å². The number of ether oxygens (including phenoxy) is 1. The maximum atomic E-state index is 13.8. The molecule has 5 aromatic rings. The quantitative estimate of drug-likeness (QED) is 0.108. The van der Waals surface area contributed by atoms with Crippen molar-refractivity contribution in [3.8, 4) is 11.5 Å². The molecule has 5 aliphatic rings. The fourth-order valence-electron chi connectivity index (χ4n) is 9.98. The number of likely N-dealkylation sites (tertiary alicyclic amines) is 1. The molecule has 18 nitrogen and oxygen atoms in total. The number of aromatic nitrogens is 4. The third-order valence-corrected chi connectivity index (χ3v) is 13.6. The molecule has 3 saturated heterocycles. The van der Waals surface area contributed by atoms with Gasteiger partial charge in [-0.15, -0.1) is 10.2 Å². The fourth-order valence-corrected chi connectivity index (χ4v) is 9.98. The van der Waals surface area contributed by atoms with Crippen LogP contribution >= 0.6 is 0 Å². The van der Waals surface area contributed by atoms with E-state index in [-0.39, 0.29) is 30.8 Å². The Morgan fingerprint density at radius 3 is 2.52 bits per heavy atom. The van der Waals surface area contributed by atoms with Crippen molar-refractivity contribution in [1.82, 2.24) is 35.3 Å². The van der Waals surface area contributed by atoms with Crippen LogP contribution in [0.4, 0.5) is 23.1 Å². The van der Waals surface area contributed by atoms with Crippen LogP contribution in [0.5, 0.6) is 0 Å². The van der Waals surface area contributed by atoms with Crippen molar-refractivity contribution in [1.29, 1.82) is 0 Å². The average Bonchev–Trinajstić information content (AvgIpc) is 4.06. The first-order valence-electron chi connectivity index (χ1n) is 22.1. The van der Waals surface area contributed by atoms with E-state index in [2.05, 4.69) is 40.9 Å². The van der Waals surface area contributed by atoms with E-state index in [0.717, 1.165) is 61.5 Å². The number of benzene rings is 3. The molecule has 1 spiro atoms. The topological polar surface area (TPSA) is 228 Å². The Labute approximate surface area is 374 Å². The summed E-state index contributed by atoms with van der Waals surface area (Å²) in [6.45, 7) is 7.55. The molecule has 7 heterocycles. The van der Waals surface area contributed by atoms with E-state index < -0.39 is 47.6 Å². The van der Waals surface area contributed by atoms with Crippen LogP contribution in [0.15, 0.2) is 77.3 Å². The van der Waals surface area contributed by atoms with E-state index in [9.17, 15) is 29.4 Å². The van der Waals surface area contributed by atoms with Crippen molar-refractivity contribution in [2.45, 2.75) is 76.3 Å². The van der Waals surface area contributed by atoms with Crippen LogP contribution in [-0.2, 0) is 26.3 Å². The van der Waals surface area contributed by atoms with Crippen LogP contribution in [-0.4, -0.2) is 109 Å². The van der Waals surface area contributed by atoms with Crippen molar-refractivity contribution >= 4 is 46.8 Å². The van der Waals surface area contributed by atoms with E-state index in [4.69, 9.17) is 14.1 Å². The molecule has 10 rings (SSSR count). The second-order valence-corrected chi connectivity index (χ2v) is 18.1. The summed E-state index contributed by atoms with van der Waals surface area (Å²) in [5, 5.41) is 38.5. The lowest BCUT2D eigenvalue weighted by molar-refractivity contribution is -0.157. The maximum absolute atomic E-state index is 13.8. The summed E-state index contributed by atoms with van der Waals surface area (Å²) in [6.07, 6.45) is 4.20. The molecule has 0 aliphatic carbocycles. The maximum Gasteiger partial charge on any atom is 0.264 e. The standard InChI is InChI=1S/C47H50N10O8/c1-46(2)32-23-28(11-12-29(32)44(63)65-46)49-45-48-24-31(39(52-45)50-33(25-58)27-7-4-3-5-8-27)41-54-53-37(64-41)15-19-55-20-16-47(17-21-55)18-22-56(26-47)34-10-6-9-30-38(34)43(62)57(42(30)61)35-13-14-36(59)51-40(35)60/h3-12,23-24,33,35,44,58,63H,13-22,25-26H2,1-2H3,(H,51,59,60)(H2,48,49,50,52)/t33-,35?,44?/m1/s1. The lowest BCUT2D eigenvalue weighted by Crippen LogP contribution is -2.54. The van der Waals surface area contributed by atoms with Crippen LogP contribution in [0.25, 0.3) is 11.5 Å². The third kappa shape index (κ3) is 8.00. The highest BCUT2D eigenvalue weighted by Crippen LogP contribution is 2.45. The Morgan fingerprint density at radius 1 is 0.938 bits per heavy atom. The molecule has 4 amide bonds. The van der Waals surface area contributed by atoms with Crippen molar-refractivity contribution in [2.24, 2.45) is 5.41 Å². The molecule has 18 heteroatoms.